The van der Waals surface area contributed by atoms with Crippen LogP contribution in [0.15, 0.2) is 12.4 Å². The molecule has 0 saturated heterocycles. The van der Waals surface area contributed by atoms with Gasteiger partial charge in [0, 0.05) is 19.7 Å². The molecule has 0 spiro atoms. The molecule has 84 valence electrons. The van der Waals surface area contributed by atoms with Gasteiger partial charge in [0.1, 0.15) is 5.78 Å². The van der Waals surface area contributed by atoms with Crippen LogP contribution in [-0.2, 0) is 18.3 Å². The maximum atomic E-state index is 11.4. The van der Waals surface area contributed by atoms with Crippen LogP contribution in [0.3, 0.4) is 0 Å². The van der Waals surface area contributed by atoms with Gasteiger partial charge in [-0.2, -0.15) is 16.9 Å². The molecular formula is C11H18N2OS. The minimum Gasteiger partial charge on any atom is -0.299 e. The fourth-order valence-electron chi connectivity index (χ4n) is 1.29. The third kappa shape index (κ3) is 5.02. The maximum Gasteiger partial charge on any atom is 0.143 e. The van der Waals surface area contributed by atoms with Gasteiger partial charge in [0.05, 0.1) is 11.9 Å². The molecule has 0 fully saturated rings. The number of hydrogen-bond donors (Lipinski definition) is 0. The summed E-state index contributed by atoms with van der Waals surface area (Å²) in [5, 5.41) is 4.07. The summed E-state index contributed by atoms with van der Waals surface area (Å²) >= 11 is 1.73. The van der Waals surface area contributed by atoms with E-state index in [2.05, 4.69) is 12.0 Å². The van der Waals surface area contributed by atoms with Crippen LogP contribution in [0.5, 0.6) is 0 Å². The van der Waals surface area contributed by atoms with Gasteiger partial charge in [-0.15, -0.1) is 0 Å². The second kappa shape index (κ2) is 6.67. The Bertz CT molecular complexity index is 309. The Labute approximate surface area is 95.2 Å². The predicted molar refractivity (Wildman–Crippen MR) is 64.2 cm³/mol. The number of thioether (sulfide) groups is 1. The highest BCUT2D eigenvalue weighted by molar-refractivity contribution is 7.99. The SMILES string of the molecule is CCCSCC(=O)CCc1cnn(C)c1. The molecule has 0 radical (unpaired) electrons. The molecule has 0 atom stereocenters. The van der Waals surface area contributed by atoms with Crippen LogP contribution in [0.4, 0.5) is 0 Å². The van der Waals surface area contributed by atoms with E-state index in [0.717, 1.165) is 24.2 Å². The van der Waals surface area contributed by atoms with E-state index < -0.39 is 0 Å². The van der Waals surface area contributed by atoms with Gasteiger partial charge in [0.15, 0.2) is 0 Å². The summed E-state index contributed by atoms with van der Waals surface area (Å²) in [4.78, 5) is 11.4. The first-order chi connectivity index (χ1) is 7.22. The smallest absolute Gasteiger partial charge is 0.143 e. The lowest BCUT2D eigenvalue weighted by molar-refractivity contribution is -0.116. The molecule has 0 unspecified atom stereocenters. The van der Waals surface area contributed by atoms with Crippen molar-refractivity contribution in [2.45, 2.75) is 26.2 Å². The van der Waals surface area contributed by atoms with Crippen molar-refractivity contribution in [3.63, 3.8) is 0 Å². The van der Waals surface area contributed by atoms with Crippen molar-refractivity contribution < 1.29 is 4.79 Å². The van der Waals surface area contributed by atoms with Crippen molar-refractivity contribution in [3.8, 4) is 0 Å². The number of ketones is 1. The van der Waals surface area contributed by atoms with E-state index in [4.69, 9.17) is 0 Å². The van der Waals surface area contributed by atoms with Gasteiger partial charge in [-0.1, -0.05) is 6.92 Å². The minimum absolute atomic E-state index is 0.345. The molecule has 0 saturated carbocycles. The molecule has 0 bridgehead atoms. The van der Waals surface area contributed by atoms with E-state index in [0.29, 0.717) is 18.0 Å². The zero-order valence-corrected chi connectivity index (χ0v) is 10.2. The number of nitrogens with zero attached hydrogens (tertiary/aromatic N) is 2. The lowest BCUT2D eigenvalue weighted by Crippen LogP contribution is -2.03. The van der Waals surface area contributed by atoms with Crippen LogP contribution >= 0.6 is 11.8 Å². The molecule has 15 heavy (non-hydrogen) atoms. The van der Waals surface area contributed by atoms with Crippen LogP contribution in [0.2, 0.25) is 0 Å². The number of aryl methyl sites for hydroxylation is 2. The highest BCUT2D eigenvalue weighted by Gasteiger charge is 2.03. The summed E-state index contributed by atoms with van der Waals surface area (Å²) < 4.78 is 1.77. The van der Waals surface area contributed by atoms with Gasteiger partial charge >= 0.3 is 0 Å². The molecule has 0 aliphatic heterocycles. The van der Waals surface area contributed by atoms with E-state index in [-0.39, 0.29) is 0 Å². The molecule has 1 aromatic rings. The first-order valence-corrected chi connectivity index (χ1v) is 6.44. The summed E-state index contributed by atoms with van der Waals surface area (Å²) in [7, 11) is 1.89. The second-order valence-electron chi connectivity index (χ2n) is 3.61. The average molecular weight is 226 g/mol. The third-order valence-electron chi connectivity index (χ3n) is 2.06. The Hall–Kier alpha value is -0.770. The fraction of sp³-hybridized carbons (Fsp3) is 0.636. The topological polar surface area (TPSA) is 34.9 Å². The molecule has 4 heteroatoms. The normalized spacial score (nSPS) is 10.5. The standard InChI is InChI=1S/C11H18N2OS/c1-3-6-15-9-11(14)5-4-10-7-12-13(2)8-10/h7-8H,3-6,9H2,1-2H3. The highest BCUT2D eigenvalue weighted by atomic mass is 32.2. The van der Waals surface area contributed by atoms with E-state index in [1.807, 2.05) is 19.4 Å². The molecule has 1 rings (SSSR count). The van der Waals surface area contributed by atoms with E-state index in [1.54, 1.807) is 16.4 Å². The first-order valence-electron chi connectivity index (χ1n) is 5.29. The molecular weight excluding hydrogens is 208 g/mol. The molecule has 3 nitrogen and oxygen atoms in total. The minimum atomic E-state index is 0.345. The Morgan fingerprint density at radius 3 is 3.00 bits per heavy atom. The van der Waals surface area contributed by atoms with Crippen LogP contribution in [0.1, 0.15) is 25.3 Å². The van der Waals surface area contributed by atoms with Crippen molar-refractivity contribution in [1.82, 2.24) is 9.78 Å². The maximum absolute atomic E-state index is 11.4. The second-order valence-corrected chi connectivity index (χ2v) is 4.72. The summed E-state index contributed by atoms with van der Waals surface area (Å²) in [5.41, 5.74) is 1.14. The summed E-state index contributed by atoms with van der Waals surface area (Å²) in [5.74, 6) is 2.09. The summed E-state index contributed by atoms with van der Waals surface area (Å²) in [6.07, 6.45) is 6.39. The molecule has 0 N–H and O–H groups in total. The Kier molecular flexibility index (Phi) is 5.47. The van der Waals surface area contributed by atoms with Crippen molar-refractivity contribution in [1.29, 1.82) is 0 Å². The largest absolute Gasteiger partial charge is 0.299 e. The van der Waals surface area contributed by atoms with Gasteiger partial charge in [0.25, 0.3) is 0 Å². The molecule has 1 heterocycles. The molecule has 0 aliphatic rings. The zero-order valence-electron chi connectivity index (χ0n) is 9.40. The Morgan fingerprint density at radius 1 is 1.60 bits per heavy atom. The quantitative estimate of drug-likeness (QED) is 0.668. The monoisotopic (exact) mass is 226 g/mol. The molecule has 0 aromatic carbocycles. The van der Waals surface area contributed by atoms with Gasteiger partial charge in [-0.05, 0) is 24.2 Å². The van der Waals surface area contributed by atoms with Gasteiger partial charge < -0.3 is 0 Å². The van der Waals surface area contributed by atoms with Crippen molar-refractivity contribution in [3.05, 3.63) is 18.0 Å². The van der Waals surface area contributed by atoms with Crippen molar-refractivity contribution >= 4 is 17.5 Å². The van der Waals surface area contributed by atoms with E-state index >= 15 is 0 Å². The number of Topliss-reactive ketones (excluding diaryl/α,β-unsaturated/α-hetero) is 1. The van der Waals surface area contributed by atoms with Crippen LogP contribution in [0, 0.1) is 0 Å². The summed E-state index contributed by atoms with van der Waals surface area (Å²) in [6, 6.07) is 0. The first kappa shape index (κ1) is 12.3. The third-order valence-corrected chi connectivity index (χ3v) is 3.29. The molecule has 0 amide bonds. The van der Waals surface area contributed by atoms with Crippen molar-refractivity contribution in [2.75, 3.05) is 11.5 Å². The van der Waals surface area contributed by atoms with E-state index in [9.17, 15) is 4.79 Å². The predicted octanol–water partition coefficient (Wildman–Crippen LogP) is 2.06. The van der Waals surface area contributed by atoms with Crippen LogP contribution in [0.25, 0.3) is 0 Å². The van der Waals surface area contributed by atoms with Gasteiger partial charge in [0.2, 0.25) is 0 Å². The highest BCUT2D eigenvalue weighted by Crippen LogP contribution is 2.06. The van der Waals surface area contributed by atoms with E-state index in [1.165, 1.54) is 0 Å². The van der Waals surface area contributed by atoms with Gasteiger partial charge in [-0.25, -0.2) is 0 Å². The zero-order chi connectivity index (χ0) is 11.1. The fourth-order valence-corrected chi connectivity index (χ4v) is 2.09. The number of aromatic nitrogens is 2. The summed E-state index contributed by atoms with van der Waals surface area (Å²) in [6.45, 7) is 2.13. The van der Waals surface area contributed by atoms with Crippen LogP contribution in [-0.4, -0.2) is 27.1 Å². The number of rotatable bonds is 7. The van der Waals surface area contributed by atoms with Gasteiger partial charge in [-0.3, -0.25) is 9.48 Å². The lowest BCUT2D eigenvalue weighted by atomic mass is 10.1. The molecule has 1 aromatic heterocycles. The van der Waals surface area contributed by atoms with Crippen molar-refractivity contribution in [2.24, 2.45) is 7.05 Å². The number of carbonyl (C=O) groups is 1. The average Bonchev–Trinajstić information content (AvgIpc) is 2.62. The van der Waals surface area contributed by atoms with Crippen LogP contribution < -0.4 is 0 Å². The Balaban J connectivity index is 2.16. The lowest BCUT2D eigenvalue weighted by Gasteiger charge is -1.98. The molecule has 0 aliphatic carbocycles. The number of hydrogen-bond acceptors (Lipinski definition) is 3. The number of carbonyl (C=O) groups excluding carboxylic acids is 1. The Morgan fingerprint density at radius 2 is 2.40 bits per heavy atom.